The van der Waals surface area contributed by atoms with Gasteiger partial charge in [-0.25, -0.2) is 0 Å². The van der Waals surface area contributed by atoms with Crippen molar-refractivity contribution >= 4 is 18.3 Å². The monoisotopic (exact) mass is 246 g/mol. The first-order valence-electron chi connectivity index (χ1n) is 6.29. The molecule has 2 saturated carbocycles. The zero-order chi connectivity index (χ0) is 10.7. The van der Waals surface area contributed by atoms with E-state index in [0.717, 1.165) is 25.3 Å². The minimum atomic E-state index is 0. The van der Waals surface area contributed by atoms with Crippen molar-refractivity contribution in [3.05, 3.63) is 0 Å². The number of hydrogen-bond donors (Lipinski definition) is 2. The molecule has 2 fully saturated rings. The molecule has 4 heteroatoms. The van der Waals surface area contributed by atoms with Gasteiger partial charge in [0.05, 0.1) is 0 Å². The first-order chi connectivity index (χ1) is 7.31. The highest BCUT2D eigenvalue weighted by atomic mass is 35.5. The van der Waals surface area contributed by atoms with Crippen molar-refractivity contribution in [1.29, 1.82) is 0 Å². The van der Waals surface area contributed by atoms with Crippen molar-refractivity contribution in [2.75, 3.05) is 13.1 Å². The Bertz CT molecular complexity index is 231. The number of hydrogen-bond acceptors (Lipinski definition) is 2. The van der Waals surface area contributed by atoms with E-state index in [0.29, 0.717) is 12.5 Å². The lowest BCUT2D eigenvalue weighted by atomic mass is 9.95. The summed E-state index contributed by atoms with van der Waals surface area (Å²) in [5.74, 6) is 1.79. The Morgan fingerprint density at radius 2 is 2.00 bits per heavy atom. The van der Waals surface area contributed by atoms with Crippen LogP contribution in [-0.2, 0) is 4.79 Å². The third kappa shape index (κ3) is 3.63. The fraction of sp³-hybridized carbons (Fsp3) is 0.917. The molecule has 0 unspecified atom stereocenters. The Hall–Kier alpha value is -0.280. The van der Waals surface area contributed by atoms with Crippen molar-refractivity contribution in [3.8, 4) is 0 Å². The van der Waals surface area contributed by atoms with Crippen LogP contribution >= 0.6 is 12.4 Å². The van der Waals surface area contributed by atoms with Crippen LogP contribution in [0.5, 0.6) is 0 Å². The Labute approximate surface area is 104 Å². The molecule has 0 aliphatic heterocycles. The maximum atomic E-state index is 11.8. The minimum absolute atomic E-state index is 0. The summed E-state index contributed by atoms with van der Waals surface area (Å²) >= 11 is 0. The van der Waals surface area contributed by atoms with E-state index in [2.05, 4.69) is 5.32 Å². The van der Waals surface area contributed by atoms with Crippen LogP contribution in [-0.4, -0.2) is 19.0 Å². The first-order valence-corrected chi connectivity index (χ1v) is 6.29. The Kier molecular flexibility index (Phi) is 5.56. The average molecular weight is 247 g/mol. The maximum Gasteiger partial charge on any atom is 0.223 e. The first kappa shape index (κ1) is 13.8. The third-order valence-corrected chi connectivity index (χ3v) is 3.85. The number of rotatable bonds is 5. The zero-order valence-corrected chi connectivity index (χ0v) is 10.6. The summed E-state index contributed by atoms with van der Waals surface area (Å²) in [6, 6.07) is 0. The number of amides is 1. The van der Waals surface area contributed by atoms with Gasteiger partial charge in [0.15, 0.2) is 0 Å². The summed E-state index contributed by atoms with van der Waals surface area (Å²) in [6.07, 6.45) is 7.25. The molecule has 2 atom stereocenters. The number of carbonyl (C=O) groups is 1. The molecule has 16 heavy (non-hydrogen) atoms. The van der Waals surface area contributed by atoms with Crippen LogP contribution < -0.4 is 11.1 Å². The van der Waals surface area contributed by atoms with E-state index in [-0.39, 0.29) is 24.2 Å². The molecule has 94 valence electrons. The van der Waals surface area contributed by atoms with Crippen molar-refractivity contribution in [1.82, 2.24) is 5.32 Å². The molecule has 2 aliphatic carbocycles. The predicted molar refractivity (Wildman–Crippen MR) is 67.5 cm³/mol. The second-order valence-corrected chi connectivity index (χ2v) is 5.06. The average Bonchev–Trinajstić information content (AvgIpc) is 2.94. The van der Waals surface area contributed by atoms with E-state index in [1.54, 1.807) is 0 Å². The van der Waals surface area contributed by atoms with Gasteiger partial charge >= 0.3 is 0 Å². The van der Waals surface area contributed by atoms with Crippen molar-refractivity contribution < 1.29 is 4.79 Å². The lowest BCUT2D eigenvalue weighted by Crippen LogP contribution is -2.35. The standard InChI is InChI=1S/C12H22N2O.ClH/c13-8-10-2-1-3-11(10)12(15)14-7-6-9-4-5-9;/h9-11H,1-8,13H2,(H,14,15);1H/t10-,11-;/m1./s1. The minimum Gasteiger partial charge on any atom is -0.356 e. The van der Waals surface area contributed by atoms with Crippen LogP contribution in [0.4, 0.5) is 0 Å². The number of nitrogens with one attached hydrogen (secondary N) is 1. The molecule has 0 aromatic carbocycles. The molecule has 3 N–H and O–H groups in total. The van der Waals surface area contributed by atoms with Gasteiger partial charge < -0.3 is 11.1 Å². The van der Waals surface area contributed by atoms with E-state index in [1.165, 1.54) is 25.7 Å². The van der Waals surface area contributed by atoms with E-state index >= 15 is 0 Å². The van der Waals surface area contributed by atoms with Crippen LogP contribution in [0.1, 0.15) is 38.5 Å². The van der Waals surface area contributed by atoms with Crippen LogP contribution in [0.3, 0.4) is 0 Å². The SMILES string of the molecule is Cl.NC[C@H]1CCC[C@H]1C(=O)NCCC1CC1. The van der Waals surface area contributed by atoms with Crippen LogP contribution in [0.15, 0.2) is 0 Å². The number of nitrogens with two attached hydrogens (primary N) is 1. The second-order valence-electron chi connectivity index (χ2n) is 5.06. The van der Waals surface area contributed by atoms with Gasteiger partial charge in [-0.2, -0.15) is 0 Å². The smallest absolute Gasteiger partial charge is 0.223 e. The Morgan fingerprint density at radius 3 is 2.62 bits per heavy atom. The van der Waals surface area contributed by atoms with Crippen molar-refractivity contribution in [2.24, 2.45) is 23.5 Å². The molecule has 3 nitrogen and oxygen atoms in total. The molecule has 0 aromatic heterocycles. The van der Waals surface area contributed by atoms with Gasteiger partial charge in [0.2, 0.25) is 5.91 Å². The largest absolute Gasteiger partial charge is 0.356 e. The molecular formula is C12H23ClN2O. The highest BCUT2D eigenvalue weighted by Crippen LogP contribution is 2.32. The van der Waals surface area contributed by atoms with Gasteiger partial charge in [-0.3, -0.25) is 4.79 Å². The second kappa shape index (κ2) is 6.45. The Balaban J connectivity index is 0.00000128. The fourth-order valence-corrected chi connectivity index (χ4v) is 2.60. The molecule has 2 aliphatic rings. The van der Waals surface area contributed by atoms with E-state index in [4.69, 9.17) is 5.73 Å². The third-order valence-electron chi connectivity index (χ3n) is 3.85. The summed E-state index contributed by atoms with van der Waals surface area (Å²) in [5.41, 5.74) is 5.67. The number of halogens is 1. The number of carbonyl (C=O) groups excluding carboxylic acids is 1. The molecule has 0 spiro atoms. The van der Waals surface area contributed by atoms with Crippen LogP contribution in [0.2, 0.25) is 0 Å². The van der Waals surface area contributed by atoms with Gasteiger partial charge in [-0.15, -0.1) is 12.4 Å². The molecule has 1 amide bonds. The molecule has 2 rings (SSSR count). The van der Waals surface area contributed by atoms with Crippen molar-refractivity contribution in [3.63, 3.8) is 0 Å². The summed E-state index contributed by atoms with van der Waals surface area (Å²) in [4.78, 5) is 11.8. The molecular weight excluding hydrogens is 224 g/mol. The summed E-state index contributed by atoms with van der Waals surface area (Å²) in [6.45, 7) is 1.54. The summed E-state index contributed by atoms with van der Waals surface area (Å²) in [5, 5.41) is 3.07. The van der Waals surface area contributed by atoms with Gasteiger partial charge in [0.1, 0.15) is 0 Å². The van der Waals surface area contributed by atoms with Crippen molar-refractivity contribution in [2.45, 2.75) is 38.5 Å². The Morgan fingerprint density at radius 1 is 1.25 bits per heavy atom. The van der Waals surface area contributed by atoms with E-state index in [9.17, 15) is 4.79 Å². The van der Waals surface area contributed by atoms with Crippen LogP contribution in [0, 0.1) is 17.8 Å². The molecule has 0 aromatic rings. The zero-order valence-electron chi connectivity index (χ0n) is 9.78. The van der Waals surface area contributed by atoms with Gasteiger partial charge in [-0.1, -0.05) is 19.3 Å². The predicted octanol–water partition coefficient (Wildman–Crippen LogP) is 1.70. The summed E-state index contributed by atoms with van der Waals surface area (Å²) < 4.78 is 0. The quantitative estimate of drug-likeness (QED) is 0.776. The lowest BCUT2D eigenvalue weighted by Gasteiger charge is -2.17. The van der Waals surface area contributed by atoms with E-state index in [1.807, 2.05) is 0 Å². The topological polar surface area (TPSA) is 55.1 Å². The maximum absolute atomic E-state index is 11.8. The van der Waals surface area contributed by atoms with E-state index < -0.39 is 0 Å². The van der Waals surface area contributed by atoms with Crippen LogP contribution in [0.25, 0.3) is 0 Å². The van der Waals surface area contributed by atoms with Gasteiger partial charge in [0.25, 0.3) is 0 Å². The molecule has 0 bridgehead atoms. The van der Waals surface area contributed by atoms with Gasteiger partial charge in [0, 0.05) is 12.5 Å². The lowest BCUT2D eigenvalue weighted by molar-refractivity contribution is -0.125. The normalized spacial score (nSPS) is 28.6. The highest BCUT2D eigenvalue weighted by Gasteiger charge is 2.31. The molecule has 0 radical (unpaired) electrons. The molecule has 0 heterocycles. The van der Waals surface area contributed by atoms with Gasteiger partial charge in [-0.05, 0) is 37.6 Å². The fourth-order valence-electron chi connectivity index (χ4n) is 2.60. The summed E-state index contributed by atoms with van der Waals surface area (Å²) in [7, 11) is 0. The highest BCUT2D eigenvalue weighted by molar-refractivity contribution is 5.85. The molecule has 0 saturated heterocycles.